The summed E-state index contributed by atoms with van der Waals surface area (Å²) >= 11 is 0. The third-order valence-electron chi connectivity index (χ3n) is 2.01. The Balaban J connectivity index is 2.41. The standard InChI is InChI=1S/C10H16N2O2/c1-8-2-3-9(4-11-8)5-12-10(6-13)7-14/h2-4,10,12-14H,5-7H2,1H3. The molecule has 0 saturated heterocycles. The second-order valence-electron chi connectivity index (χ2n) is 3.25. The summed E-state index contributed by atoms with van der Waals surface area (Å²) in [6.07, 6.45) is 1.79. The van der Waals surface area contributed by atoms with Crippen molar-refractivity contribution in [1.82, 2.24) is 10.3 Å². The molecule has 0 spiro atoms. The molecule has 0 unspecified atom stereocenters. The zero-order chi connectivity index (χ0) is 10.4. The average molecular weight is 196 g/mol. The van der Waals surface area contributed by atoms with E-state index in [-0.39, 0.29) is 19.3 Å². The van der Waals surface area contributed by atoms with Gasteiger partial charge in [-0.25, -0.2) is 0 Å². The molecule has 1 rings (SSSR count). The van der Waals surface area contributed by atoms with Gasteiger partial charge in [0.15, 0.2) is 0 Å². The largest absolute Gasteiger partial charge is 0.395 e. The Morgan fingerprint density at radius 1 is 1.36 bits per heavy atom. The molecule has 14 heavy (non-hydrogen) atoms. The van der Waals surface area contributed by atoms with Crippen LogP contribution in [0.5, 0.6) is 0 Å². The van der Waals surface area contributed by atoms with Crippen molar-refractivity contribution in [3.63, 3.8) is 0 Å². The van der Waals surface area contributed by atoms with Gasteiger partial charge in [-0.15, -0.1) is 0 Å². The van der Waals surface area contributed by atoms with Crippen LogP contribution in [0.15, 0.2) is 18.3 Å². The molecule has 0 amide bonds. The molecule has 4 nitrogen and oxygen atoms in total. The van der Waals surface area contributed by atoms with Crippen LogP contribution in [0.25, 0.3) is 0 Å². The maximum Gasteiger partial charge on any atom is 0.0607 e. The molecular formula is C10H16N2O2. The lowest BCUT2D eigenvalue weighted by molar-refractivity contribution is 0.170. The van der Waals surface area contributed by atoms with E-state index < -0.39 is 0 Å². The maximum atomic E-state index is 8.81. The van der Waals surface area contributed by atoms with Crippen LogP contribution in [-0.2, 0) is 6.54 Å². The van der Waals surface area contributed by atoms with Gasteiger partial charge in [-0.3, -0.25) is 4.98 Å². The molecule has 1 aromatic rings. The van der Waals surface area contributed by atoms with E-state index in [2.05, 4.69) is 10.3 Å². The summed E-state index contributed by atoms with van der Waals surface area (Å²) in [6.45, 7) is 2.42. The molecule has 1 aromatic heterocycles. The monoisotopic (exact) mass is 196 g/mol. The van der Waals surface area contributed by atoms with E-state index in [0.29, 0.717) is 6.54 Å². The summed E-state index contributed by atoms with van der Waals surface area (Å²) in [7, 11) is 0. The SMILES string of the molecule is Cc1ccc(CNC(CO)CO)cn1. The molecule has 3 N–H and O–H groups in total. The van der Waals surface area contributed by atoms with Crippen molar-refractivity contribution in [3.8, 4) is 0 Å². The quantitative estimate of drug-likeness (QED) is 0.612. The first kappa shape index (κ1) is 11.1. The highest BCUT2D eigenvalue weighted by atomic mass is 16.3. The van der Waals surface area contributed by atoms with Crippen LogP contribution in [0.4, 0.5) is 0 Å². The van der Waals surface area contributed by atoms with Gasteiger partial charge in [0.1, 0.15) is 0 Å². The van der Waals surface area contributed by atoms with E-state index in [1.54, 1.807) is 6.20 Å². The van der Waals surface area contributed by atoms with Crippen molar-refractivity contribution in [2.45, 2.75) is 19.5 Å². The van der Waals surface area contributed by atoms with Gasteiger partial charge in [0.05, 0.1) is 19.3 Å². The van der Waals surface area contributed by atoms with Crippen molar-refractivity contribution in [3.05, 3.63) is 29.6 Å². The maximum absolute atomic E-state index is 8.81. The third kappa shape index (κ3) is 3.41. The van der Waals surface area contributed by atoms with E-state index in [4.69, 9.17) is 10.2 Å². The van der Waals surface area contributed by atoms with Gasteiger partial charge in [0.2, 0.25) is 0 Å². The van der Waals surface area contributed by atoms with Gasteiger partial charge in [-0.05, 0) is 18.6 Å². The van der Waals surface area contributed by atoms with Crippen LogP contribution >= 0.6 is 0 Å². The Morgan fingerprint density at radius 3 is 2.57 bits per heavy atom. The minimum atomic E-state index is -0.253. The van der Waals surface area contributed by atoms with E-state index in [9.17, 15) is 0 Å². The molecule has 0 bridgehead atoms. The lowest BCUT2D eigenvalue weighted by atomic mass is 10.2. The number of aromatic nitrogens is 1. The van der Waals surface area contributed by atoms with Crippen molar-refractivity contribution < 1.29 is 10.2 Å². The number of aryl methyl sites for hydroxylation is 1. The summed E-state index contributed by atoms with van der Waals surface area (Å²) in [4.78, 5) is 4.14. The van der Waals surface area contributed by atoms with Gasteiger partial charge in [-0.1, -0.05) is 6.07 Å². The van der Waals surface area contributed by atoms with Gasteiger partial charge in [-0.2, -0.15) is 0 Å². The summed E-state index contributed by atoms with van der Waals surface area (Å²) in [5.74, 6) is 0. The van der Waals surface area contributed by atoms with Gasteiger partial charge in [0.25, 0.3) is 0 Å². The fraction of sp³-hybridized carbons (Fsp3) is 0.500. The first-order chi connectivity index (χ1) is 6.76. The Morgan fingerprint density at radius 2 is 2.07 bits per heavy atom. The van der Waals surface area contributed by atoms with E-state index in [1.807, 2.05) is 19.1 Å². The fourth-order valence-electron chi connectivity index (χ4n) is 1.05. The number of aliphatic hydroxyl groups excluding tert-OH is 2. The Hall–Kier alpha value is -0.970. The minimum absolute atomic E-state index is 0.0597. The van der Waals surface area contributed by atoms with Crippen LogP contribution in [0.1, 0.15) is 11.3 Å². The number of pyridine rings is 1. The molecule has 0 aliphatic carbocycles. The van der Waals surface area contributed by atoms with E-state index in [1.165, 1.54) is 0 Å². The Labute approximate surface area is 83.6 Å². The zero-order valence-electron chi connectivity index (χ0n) is 8.27. The number of rotatable bonds is 5. The average Bonchev–Trinajstić information content (AvgIpc) is 2.22. The Bertz CT molecular complexity index is 257. The number of hydrogen-bond donors (Lipinski definition) is 3. The topological polar surface area (TPSA) is 65.4 Å². The first-order valence-electron chi connectivity index (χ1n) is 4.63. The normalized spacial score (nSPS) is 10.9. The number of hydrogen-bond acceptors (Lipinski definition) is 4. The molecule has 0 aromatic carbocycles. The van der Waals surface area contributed by atoms with Crippen LogP contribution in [-0.4, -0.2) is 34.5 Å². The van der Waals surface area contributed by atoms with Crippen molar-refractivity contribution in [2.24, 2.45) is 0 Å². The summed E-state index contributed by atoms with van der Waals surface area (Å²) < 4.78 is 0. The fourth-order valence-corrected chi connectivity index (χ4v) is 1.05. The summed E-state index contributed by atoms with van der Waals surface area (Å²) in [5.41, 5.74) is 2.03. The molecule has 0 fully saturated rings. The number of nitrogens with zero attached hydrogens (tertiary/aromatic N) is 1. The highest BCUT2D eigenvalue weighted by molar-refractivity contribution is 5.12. The van der Waals surface area contributed by atoms with E-state index >= 15 is 0 Å². The molecule has 0 aliphatic heterocycles. The molecule has 0 aliphatic rings. The molecule has 78 valence electrons. The van der Waals surface area contributed by atoms with Crippen LogP contribution in [0.2, 0.25) is 0 Å². The number of aliphatic hydroxyl groups is 2. The summed E-state index contributed by atoms with van der Waals surface area (Å²) in [5, 5.41) is 20.6. The van der Waals surface area contributed by atoms with Crippen LogP contribution in [0, 0.1) is 6.92 Å². The lowest BCUT2D eigenvalue weighted by Crippen LogP contribution is -2.35. The van der Waals surface area contributed by atoms with Crippen LogP contribution in [0.3, 0.4) is 0 Å². The van der Waals surface area contributed by atoms with Crippen molar-refractivity contribution >= 4 is 0 Å². The lowest BCUT2D eigenvalue weighted by Gasteiger charge is -2.12. The predicted molar refractivity (Wildman–Crippen MR) is 53.8 cm³/mol. The predicted octanol–water partition coefficient (Wildman–Crippen LogP) is -0.167. The molecule has 1 heterocycles. The molecular weight excluding hydrogens is 180 g/mol. The molecule has 0 atom stereocenters. The van der Waals surface area contributed by atoms with Crippen LogP contribution < -0.4 is 5.32 Å². The molecule has 0 radical (unpaired) electrons. The summed E-state index contributed by atoms with van der Waals surface area (Å²) in [6, 6.07) is 3.65. The van der Waals surface area contributed by atoms with Gasteiger partial charge < -0.3 is 15.5 Å². The smallest absolute Gasteiger partial charge is 0.0607 e. The van der Waals surface area contributed by atoms with Crippen molar-refractivity contribution in [2.75, 3.05) is 13.2 Å². The van der Waals surface area contributed by atoms with Crippen molar-refractivity contribution in [1.29, 1.82) is 0 Å². The van der Waals surface area contributed by atoms with E-state index in [0.717, 1.165) is 11.3 Å². The second-order valence-corrected chi connectivity index (χ2v) is 3.25. The first-order valence-corrected chi connectivity index (χ1v) is 4.63. The highest BCUT2D eigenvalue weighted by Gasteiger charge is 2.03. The highest BCUT2D eigenvalue weighted by Crippen LogP contribution is 1.98. The second kappa shape index (κ2) is 5.70. The Kier molecular flexibility index (Phi) is 4.52. The molecule has 4 heteroatoms. The molecule has 0 saturated carbocycles. The minimum Gasteiger partial charge on any atom is -0.395 e. The van der Waals surface area contributed by atoms with Gasteiger partial charge >= 0.3 is 0 Å². The third-order valence-corrected chi connectivity index (χ3v) is 2.01. The van der Waals surface area contributed by atoms with Gasteiger partial charge in [0, 0.05) is 18.4 Å². The number of nitrogens with one attached hydrogen (secondary N) is 1. The zero-order valence-corrected chi connectivity index (χ0v) is 8.27.